The zero-order chi connectivity index (χ0) is 15.1. The average molecular weight is 296 g/mol. The second-order valence-electron chi connectivity index (χ2n) is 4.56. The molecule has 1 rings (SSSR count). The molecule has 1 N–H and O–H groups in total. The first-order valence-corrected chi connectivity index (χ1v) is 7.21. The monoisotopic (exact) mass is 296 g/mol. The Morgan fingerprint density at radius 3 is 2.65 bits per heavy atom. The molecule has 1 aromatic rings. The fourth-order valence-corrected chi connectivity index (χ4v) is 2.51. The van der Waals surface area contributed by atoms with Crippen LogP contribution in [0.1, 0.15) is 17.4 Å². The third kappa shape index (κ3) is 5.14. The largest absolute Gasteiger partial charge is 0.478 e. The first-order valence-electron chi connectivity index (χ1n) is 6.34. The fourth-order valence-electron chi connectivity index (χ4n) is 1.60. The van der Waals surface area contributed by atoms with E-state index in [1.165, 1.54) is 0 Å². The van der Waals surface area contributed by atoms with Crippen LogP contribution in [0.2, 0.25) is 0 Å². The van der Waals surface area contributed by atoms with Crippen LogP contribution in [0, 0.1) is 0 Å². The molecule has 0 aliphatic heterocycles. The Balaban J connectivity index is 2.73. The molecule has 0 radical (unpaired) electrons. The zero-order valence-electron chi connectivity index (χ0n) is 12.0. The molecule has 0 aliphatic carbocycles. The lowest BCUT2D eigenvalue weighted by Crippen LogP contribution is -2.36. The summed E-state index contributed by atoms with van der Waals surface area (Å²) in [6.45, 7) is 3.78. The topological polar surface area (TPSA) is 60.9 Å². The van der Waals surface area contributed by atoms with Gasteiger partial charge < -0.3 is 10.0 Å². The van der Waals surface area contributed by atoms with Gasteiger partial charge in [0.05, 0.1) is 6.54 Å². The van der Waals surface area contributed by atoms with Crippen LogP contribution >= 0.6 is 11.3 Å². The van der Waals surface area contributed by atoms with Gasteiger partial charge in [-0.25, -0.2) is 4.79 Å². The molecule has 6 heteroatoms. The lowest BCUT2D eigenvalue weighted by atomic mass is 10.2. The van der Waals surface area contributed by atoms with Crippen molar-refractivity contribution in [3.05, 3.63) is 28.0 Å². The summed E-state index contributed by atoms with van der Waals surface area (Å²) < 4.78 is 0. The van der Waals surface area contributed by atoms with Gasteiger partial charge in [0, 0.05) is 31.6 Å². The number of hydrogen-bond acceptors (Lipinski definition) is 4. The Kier molecular flexibility index (Phi) is 6.41. The minimum Gasteiger partial charge on any atom is -0.478 e. The van der Waals surface area contributed by atoms with E-state index in [9.17, 15) is 9.59 Å². The maximum atomic E-state index is 11.7. The van der Waals surface area contributed by atoms with Crippen molar-refractivity contribution in [3.8, 4) is 0 Å². The molecule has 1 heterocycles. The van der Waals surface area contributed by atoms with Gasteiger partial charge in [-0.1, -0.05) is 6.92 Å². The maximum absolute atomic E-state index is 11.7. The molecule has 110 valence electrons. The van der Waals surface area contributed by atoms with Gasteiger partial charge in [-0.3, -0.25) is 9.69 Å². The Hall–Kier alpha value is -1.66. The molecular weight excluding hydrogens is 276 g/mol. The number of carboxylic acid groups (broad SMARTS) is 1. The van der Waals surface area contributed by atoms with Crippen LogP contribution in [0.25, 0.3) is 6.08 Å². The van der Waals surface area contributed by atoms with Gasteiger partial charge in [0.15, 0.2) is 0 Å². The number of aliphatic carboxylic acids is 1. The van der Waals surface area contributed by atoms with Crippen LogP contribution < -0.4 is 0 Å². The van der Waals surface area contributed by atoms with Crippen LogP contribution in [0.15, 0.2) is 17.5 Å². The van der Waals surface area contributed by atoms with Gasteiger partial charge in [0.1, 0.15) is 0 Å². The lowest BCUT2D eigenvalue weighted by Gasteiger charge is -2.21. The number of thiophene rings is 1. The Morgan fingerprint density at radius 1 is 1.40 bits per heavy atom. The second kappa shape index (κ2) is 7.81. The molecule has 0 aliphatic rings. The van der Waals surface area contributed by atoms with Crippen molar-refractivity contribution in [2.24, 2.45) is 0 Å². The molecule has 0 saturated heterocycles. The summed E-state index contributed by atoms with van der Waals surface area (Å²) in [7, 11) is 3.48. The molecular formula is C14H20N2O3S. The average Bonchev–Trinajstić information content (AvgIpc) is 2.82. The highest BCUT2D eigenvalue weighted by molar-refractivity contribution is 7.10. The molecule has 1 amide bonds. The molecule has 1 aromatic heterocycles. The van der Waals surface area contributed by atoms with Crippen LogP contribution in [0.3, 0.4) is 0 Å². The van der Waals surface area contributed by atoms with Gasteiger partial charge >= 0.3 is 5.97 Å². The normalized spacial score (nSPS) is 11.2. The van der Waals surface area contributed by atoms with Crippen LogP contribution in [0.4, 0.5) is 0 Å². The minimum atomic E-state index is -0.961. The summed E-state index contributed by atoms with van der Waals surface area (Å²) in [5.41, 5.74) is 0.896. The molecule has 0 aromatic carbocycles. The number of likely N-dealkylation sites (N-methyl/N-ethyl adjacent to an activating group) is 2. The zero-order valence-corrected chi connectivity index (χ0v) is 12.8. The second-order valence-corrected chi connectivity index (χ2v) is 5.56. The highest BCUT2D eigenvalue weighted by atomic mass is 32.1. The summed E-state index contributed by atoms with van der Waals surface area (Å²) >= 11 is 1.57. The highest BCUT2D eigenvalue weighted by Gasteiger charge is 2.13. The Morgan fingerprint density at radius 2 is 2.10 bits per heavy atom. The van der Waals surface area contributed by atoms with E-state index in [1.54, 1.807) is 36.4 Å². The van der Waals surface area contributed by atoms with Gasteiger partial charge in [-0.05, 0) is 29.6 Å². The summed E-state index contributed by atoms with van der Waals surface area (Å²) in [6, 6.07) is 1.89. The number of nitrogens with zero attached hydrogens (tertiary/aromatic N) is 2. The van der Waals surface area contributed by atoms with Crippen molar-refractivity contribution >= 4 is 29.3 Å². The van der Waals surface area contributed by atoms with Crippen molar-refractivity contribution in [1.29, 1.82) is 0 Å². The van der Waals surface area contributed by atoms with Crippen LogP contribution in [0.5, 0.6) is 0 Å². The third-order valence-corrected chi connectivity index (χ3v) is 3.78. The summed E-state index contributed by atoms with van der Waals surface area (Å²) in [5, 5.41) is 10.6. The quantitative estimate of drug-likeness (QED) is 0.779. The molecule has 0 bridgehead atoms. The number of carboxylic acids is 1. The van der Waals surface area contributed by atoms with E-state index < -0.39 is 5.97 Å². The van der Waals surface area contributed by atoms with Gasteiger partial charge in [0.25, 0.3) is 0 Å². The Labute approximate surface area is 123 Å². The summed E-state index contributed by atoms with van der Waals surface area (Å²) in [4.78, 5) is 27.0. The highest BCUT2D eigenvalue weighted by Crippen LogP contribution is 2.20. The molecule has 0 atom stereocenters. The number of amides is 1. The molecule has 0 saturated carbocycles. The van der Waals surface area contributed by atoms with Crippen LogP contribution in [-0.4, -0.2) is 54.0 Å². The molecule has 20 heavy (non-hydrogen) atoms. The molecule has 0 spiro atoms. The van der Waals surface area contributed by atoms with E-state index in [0.29, 0.717) is 13.1 Å². The summed E-state index contributed by atoms with van der Waals surface area (Å²) in [6.07, 6.45) is 2.72. The minimum absolute atomic E-state index is 0.0611. The molecule has 0 fully saturated rings. The number of carbonyl (C=O) groups is 2. The van der Waals surface area contributed by atoms with Crippen molar-refractivity contribution in [2.45, 2.75) is 13.5 Å². The SMILES string of the molecule is CCN(CC(=O)N(C)C)Cc1sccc1C=CC(=O)O. The van der Waals surface area contributed by atoms with E-state index in [0.717, 1.165) is 23.1 Å². The smallest absolute Gasteiger partial charge is 0.328 e. The third-order valence-electron chi connectivity index (χ3n) is 2.86. The van der Waals surface area contributed by atoms with Crippen molar-refractivity contribution in [2.75, 3.05) is 27.2 Å². The predicted molar refractivity (Wildman–Crippen MR) is 80.6 cm³/mol. The van der Waals surface area contributed by atoms with Crippen LogP contribution in [-0.2, 0) is 16.1 Å². The standard InChI is InChI=1S/C14H20N2O3S/c1-4-16(10-13(17)15(2)3)9-12-11(7-8-20-12)5-6-14(18)19/h5-8H,4,9-10H2,1-3H3,(H,18,19). The maximum Gasteiger partial charge on any atom is 0.328 e. The van der Waals surface area contributed by atoms with Gasteiger partial charge in [-0.15, -0.1) is 11.3 Å². The van der Waals surface area contributed by atoms with Gasteiger partial charge in [-0.2, -0.15) is 0 Å². The van der Waals surface area contributed by atoms with Gasteiger partial charge in [0.2, 0.25) is 5.91 Å². The first kappa shape index (κ1) is 16.4. The number of hydrogen-bond donors (Lipinski definition) is 1. The van der Waals surface area contributed by atoms with E-state index in [-0.39, 0.29) is 5.91 Å². The van der Waals surface area contributed by atoms with E-state index in [4.69, 9.17) is 5.11 Å². The molecule has 0 unspecified atom stereocenters. The van der Waals surface area contributed by atoms with Crippen molar-refractivity contribution in [3.63, 3.8) is 0 Å². The first-order chi connectivity index (χ1) is 9.43. The number of rotatable bonds is 7. The number of carbonyl (C=O) groups excluding carboxylic acids is 1. The van der Waals surface area contributed by atoms with E-state index in [2.05, 4.69) is 0 Å². The summed E-state index contributed by atoms with van der Waals surface area (Å²) in [5.74, 6) is -0.900. The van der Waals surface area contributed by atoms with Crippen molar-refractivity contribution in [1.82, 2.24) is 9.80 Å². The Bertz CT molecular complexity index is 494. The fraction of sp³-hybridized carbons (Fsp3) is 0.429. The lowest BCUT2D eigenvalue weighted by molar-refractivity contribution is -0.131. The van der Waals surface area contributed by atoms with Crippen molar-refractivity contribution < 1.29 is 14.7 Å². The predicted octanol–water partition coefficient (Wildman–Crippen LogP) is 1.76. The van der Waals surface area contributed by atoms with E-state index in [1.807, 2.05) is 23.3 Å². The molecule has 5 nitrogen and oxygen atoms in total. The van der Waals surface area contributed by atoms with E-state index >= 15 is 0 Å².